The number of alkyl carbamates (subject to hydrolysis) is 1. The Kier molecular flexibility index (Phi) is 8.52. The molecule has 0 aliphatic carbocycles. The lowest BCUT2D eigenvalue weighted by Gasteiger charge is -2.15. The number of hydrogen-bond acceptors (Lipinski definition) is 4. The third-order valence-corrected chi connectivity index (χ3v) is 4.09. The van der Waals surface area contributed by atoms with Crippen molar-refractivity contribution in [3.05, 3.63) is 71.8 Å². The molecular weight excluding hydrogens is 358 g/mol. The highest BCUT2D eigenvalue weighted by Crippen LogP contribution is 2.04. The van der Waals surface area contributed by atoms with E-state index in [4.69, 9.17) is 10.5 Å². The van der Waals surface area contributed by atoms with E-state index >= 15 is 0 Å². The van der Waals surface area contributed by atoms with E-state index in [9.17, 15) is 14.4 Å². The topological polar surface area (TPSA) is 111 Å². The van der Waals surface area contributed by atoms with Gasteiger partial charge in [0.2, 0.25) is 5.91 Å². The summed E-state index contributed by atoms with van der Waals surface area (Å²) in [5, 5.41) is 5.30. The van der Waals surface area contributed by atoms with E-state index in [0.717, 1.165) is 5.56 Å². The van der Waals surface area contributed by atoms with Crippen LogP contribution in [0.3, 0.4) is 0 Å². The number of carbonyl (C=O) groups excluding carboxylic acids is 3. The van der Waals surface area contributed by atoms with E-state index in [1.165, 1.54) is 0 Å². The predicted molar refractivity (Wildman–Crippen MR) is 105 cm³/mol. The molecule has 0 aromatic heterocycles. The van der Waals surface area contributed by atoms with Crippen molar-refractivity contribution < 1.29 is 19.1 Å². The average Bonchev–Trinajstić information content (AvgIpc) is 2.72. The summed E-state index contributed by atoms with van der Waals surface area (Å²) < 4.78 is 5.11. The van der Waals surface area contributed by atoms with Gasteiger partial charge in [0, 0.05) is 12.1 Å². The second-order valence-electron chi connectivity index (χ2n) is 6.28. The number of nitrogens with two attached hydrogens (primary N) is 1. The van der Waals surface area contributed by atoms with E-state index in [-0.39, 0.29) is 12.5 Å². The Balaban J connectivity index is 1.64. The summed E-state index contributed by atoms with van der Waals surface area (Å²) in [5.74, 6) is -0.925. The Hall–Kier alpha value is -3.35. The van der Waals surface area contributed by atoms with Crippen LogP contribution in [0.15, 0.2) is 60.7 Å². The highest BCUT2D eigenvalue weighted by molar-refractivity contribution is 5.97. The molecule has 0 unspecified atom stereocenters. The van der Waals surface area contributed by atoms with Crippen LogP contribution in [0.25, 0.3) is 0 Å². The van der Waals surface area contributed by atoms with E-state index in [1.54, 1.807) is 30.3 Å². The summed E-state index contributed by atoms with van der Waals surface area (Å²) in [4.78, 5) is 35.4. The minimum Gasteiger partial charge on any atom is -0.445 e. The number of hydrogen-bond donors (Lipinski definition) is 3. The summed E-state index contributed by atoms with van der Waals surface area (Å²) in [7, 11) is 0. The van der Waals surface area contributed by atoms with Crippen LogP contribution >= 0.6 is 0 Å². The van der Waals surface area contributed by atoms with Gasteiger partial charge in [-0.15, -0.1) is 0 Å². The molecule has 0 bridgehead atoms. The van der Waals surface area contributed by atoms with Gasteiger partial charge in [0.25, 0.3) is 5.91 Å². The van der Waals surface area contributed by atoms with Gasteiger partial charge in [-0.05, 0) is 37.0 Å². The zero-order chi connectivity index (χ0) is 20.2. The van der Waals surface area contributed by atoms with Crippen molar-refractivity contribution >= 4 is 17.9 Å². The lowest BCUT2D eigenvalue weighted by molar-refractivity contribution is -0.120. The van der Waals surface area contributed by atoms with Crippen molar-refractivity contribution in [3.63, 3.8) is 0 Å². The molecule has 0 radical (unpaired) electrons. The fourth-order valence-electron chi connectivity index (χ4n) is 2.55. The SMILES string of the molecule is NC(=O)[C@H](CCCCNC(=O)OCc1ccccc1)NC(=O)c1ccccc1. The van der Waals surface area contributed by atoms with Crippen LogP contribution in [0.1, 0.15) is 35.2 Å². The van der Waals surface area contributed by atoms with Gasteiger partial charge in [-0.2, -0.15) is 0 Å². The molecule has 2 aromatic carbocycles. The second kappa shape index (κ2) is 11.4. The summed E-state index contributed by atoms with van der Waals surface area (Å²) >= 11 is 0. The third kappa shape index (κ3) is 7.49. The van der Waals surface area contributed by atoms with E-state index in [2.05, 4.69) is 10.6 Å². The molecule has 4 N–H and O–H groups in total. The summed E-state index contributed by atoms with van der Waals surface area (Å²) in [6.45, 7) is 0.619. The highest BCUT2D eigenvalue weighted by Gasteiger charge is 2.18. The van der Waals surface area contributed by atoms with Gasteiger partial charge in [-0.1, -0.05) is 48.5 Å². The molecule has 2 aromatic rings. The normalized spacial score (nSPS) is 11.3. The lowest BCUT2D eigenvalue weighted by atomic mass is 10.1. The smallest absolute Gasteiger partial charge is 0.407 e. The predicted octanol–water partition coefficient (Wildman–Crippen LogP) is 2.37. The van der Waals surface area contributed by atoms with Crippen molar-refractivity contribution in [2.24, 2.45) is 5.73 Å². The van der Waals surface area contributed by atoms with Crippen LogP contribution in [0, 0.1) is 0 Å². The molecule has 2 rings (SSSR count). The number of rotatable bonds is 10. The first kappa shape index (κ1) is 21.0. The van der Waals surface area contributed by atoms with Crippen molar-refractivity contribution in [2.75, 3.05) is 6.54 Å². The number of primary amides is 1. The molecule has 0 aliphatic heterocycles. The summed E-state index contributed by atoms with van der Waals surface area (Å²) in [5.41, 5.74) is 6.76. The lowest BCUT2D eigenvalue weighted by Crippen LogP contribution is -2.44. The maximum Gasteiger partial charge on any atom is 0.407 e. The number of amides is 3. The highest BCUT2D eigenvalue weighted by atomic mass is 16.5. The van der Waals surface area contributed by atoms with Crippen molar-refractivity contribution in [1.29, 1.82) is 0 Å². The number of ether oxygens (including phenoxy) is 1. The molecular formula is C21H25N3O4. The zero-order valence-electron chi connectivity index (χ0n) is 15.6. The third-order valence-electron chi connectivity index (χ3n) is 4.09. The standard InChI is InChI=1S/C21H25N3O4/c22-19(25)18(24-20(26)17-11-5-2-6-12-17)13-7-8-14-23-21(27)28-15-16-9-3-1-4-10-16/h1-6,9-12,18H,7-8,13-15H2,(H2,22,25)(H,23,27)(H,24,26)/t18-/m0/s1. The van der Waals surface area contributed by atoms with Crippen LogP contribution in [0.5, 0.6) is 0 Å². The Labute approximate surface area is 164 Å². The number of benzene rings is 2. The Morgan fingerprint density at radius 3 is 2.21 bits per heavy atom. The average molecular weight is 383 g/mol. The molecule has 7 heteroatoms. The zero-order valence-corrected chi connectivity index (χ0v) is 15.6. The van der Waals surface area contributed by atoms with Crippen molar-refractivity contribution in [1.82, 2.24) is 10.6 Å². The fourth-order valence-corrected chi connectivity index (χ4v) is 2.55. The van der Waals surface area contributed by atoms with Crippen LogP contribution in [-0.4, -0.2) is 30.5 Å². The maximum absolute atomic E-state index is 12.1. The Bertz CT molecular complexity index is 766. The molecule has 148 valence electrons. The summed E-state index contributed by atoms with van der Waals surface area (Å²) in [6, 6.07) is 17.3. The van der Waals surface area contributed by atoms with E-state index in [1.807, 2.05) is 30.3 Å². The molecule has 0 saturated heterocycles. The van der Waals surface area contributed by atoms with Gasteiger partial charge in [0.05, 0.1) is 0 Å². The first-order valence-corrected chi connectivity index (χ1v) is 9.16. The molecule has 28 heavy (non-hydrogen) atoms. The van der Waals surface area contributed by atoms with Crippen molar-refractivity contribution in [2.45, 2.75) is 31.9 Å². The molecule has 3 amide bonds. The molecule has 0 heterocycles. The Morgan fingerprint density at radius 2 is 1.57 bits per heavy atom. The van der Waals surface area contributed by atoms with Gasteiger partial charge in [0.15, 0.2) is 0 Å². The quantitative estimate of drug-likeness (QED) is 0.547. The van der Waals surface area contributed by atoms with Crippen LogP contribution in [0.4, 0.5) is 4.79 Å². The molecule has 0 spiro atoms. The maximum atomic E-state index is 12.1. The van der Waals surface area contributed by atoms with Crippen molar-refractivity contribution in [3.8, 4) is 0 Å². The van der Waals surface area contributed by atoms with Gasteiger partial charge in [0.1, 0.15) is 12.6 Å². The molecule has 7 nitrogen and oxygen atoms in total. The summed E-state index contributed by atoms with van der Waals surface area (Å²) in [6.07, 6.45) is 1.15. The van der Waals surface area contributed by atoms with E-state index in [0.29, 0.717) is 31.4 Å². The largest absolute Gasteiger partial charge is 0.445 e. The molecule has 0 aliphatic rings. The fraction of sp³-hybridized carbons (Fsp3) is 0.286. The minimum absolute atomic E-state index is 0.210. The molecule has 0 saturated carbocycles. The van der Waals surface area contributed by atoms with Gasteiger partial charge >= 0.3 is 6.09 Å². The van der Waals surface area contributed by atoms with E-state index < -0.39 is 18.0 Å². The first-order chi connectivity index (χ1) is 13.6. The Morgan fingerprint density at radius 1 is 0.929 bits per heavy atom. The monoisotopic (exact) mass is 383 g/mol. The number of carbonyl (C=O) groups is 3. The second-order valence-corrected chi connectivity index (χ2v) is 6.28. The van der Waals surface area contributed by atoms with Gasteiger partial charge < -0.3 is 21.1 Å². The van der Waals surface area contributed by atoms with Crippen LogP contribution in [0.2, 0.25) is 0 Å². The number of nitrogens with one attached hydrogen (secondary N) is 2. The molecule has 0 fully saturated rings. The van der Waals surface area contributed by atoms with Gasteiger partial charge in [-0.25, -0.2) is 4.79 Å². The minimum atomic E-state index is -0.752. The van der Waals surface area contributed by atoms with Gasteiger partial charge in [-0.3, -0.25) is 9.59 Å². The first-order valence-electron chi connectivity index (χ1n) is 9.16. The number of unbranched alkanes of at least 4 members (excludes halogenated alkanes) is 1. The van der Waals surface area contributed by atoms with Crippen LogP contribution < -0.4 is 16.4 Å². The van der Waals surface area contributed by atoms with Crippen LogP contribution in [-0.2, 0) is 16.1 Å². The molecule has 1 atom stereocenters.